The molecule has 6 nitrogen and oxygen atoms in total. The number of methoxy groups -OCH3 is 1. The highest BCUT2D eigenvalue weighted by atomic mass is 16.5. The largest absolute Gasteiger partial charge is 0.497 e. The van der Waals surface area contributed by atoms with Crippen molar-refractivity contribution in [3.05, 3.63) is 48.5 Å². The number of ether oxygens (including phenoxy) is 2. The van der Waals surface area contributed by atoms with Gasteiger partial charge in [0, 0.05) is 17.4 Å². The highest BCUT2D eigenvalue weighted by Crippen LogP contribution is 2.47. The number of nitrogens with one attached hydrogen (secondary N) is 2. The van der Waals surface area contributed by atoms with Gasteiger partial charge in [-0.15, -0.1) is 0 Å². The van der Waals surface area contributed by atoms with Crippen LogP contribution in [-0.4, -0.2) is 25.0 Å². The minimum absolute atomic E-state index is 0.0838. The molecule has 6 heteroatoms. The van der Waals surface area contributed by atoms with Gasteiger partial charge in [0.15, 0.2) is 0 Å². The third-order valence-electron chi connectivity index (χ3n) is 4.43. The van der Waals surface area contributed by atoms with E-state index in [2.05, 4.69) is 10.6 Å². The molecule has 27 heavy (non-hydrogen) atoms. The van der Waals surface area contributed by atoms with Gasteiger partial charge in [-0.25, -0.2) is 0 Å². The minimum atomic E-state index is -1.02. The van der Waals surface area contributed by atoms with Crippen molar-refractivity contribution in [1.29, 1.82) is 0 Å². The molecule has 0 saturated heterocycles. The van der Waals surface area contributed by atoms with Crippen LogP contribution in [0.3, 0.4) is 0 Å². The maximum absolute atomic E-state index is 12.7. The number of anilines is 2. The normalized spacial score (nSPS) is 14.4. The van der Waals surface area contributed by atoms with E-state index in [1.165, 1.54) is 0 Å². The quantitative estimate of drug-likeness (QED) is 0.728. The van der Waals surface area contributed by atoms with Crippen molar-refractivity contribution in [2.24, 2.45) is 5.41 Å². The van der Waals surface area contributed by atoms with Crippen LogP contribution < -0.4 is 20.1 Å². The molecule has 1 fully saturated rings. The molecule has 1 aliphatic rings. The Hall–Kier alpha value is -3.02. The van der Waals surface area contributed by atoms with Gasteiger partial charge in [-0.05, 0) is 63.1 Å². The zero-order valence-electron chi connectivity index (χ0n) is 15.7. The molecule has 2 aromatic rings. The van der Waals surface area contributed by atoms with Crippen molar-refractivity contribution >= 4 is 23.2 Å². The lowest BCUT2D eigenvalue weighted by molar-refractivity contribution is -0.131. The van der Waals surface area contributed by atoms with Gasteiger partial charge in [0.25, 0.3) is 0 Å². The summed E-state index contributed by atoms with van der Waals surface area (Å²) in [7, 11) is 1.56. The van der Waals surface area contributed by atoms with E-state index in [0.29, 0.717) is 30.0 Å². The first-order chi connectivity index (χ1) is 12.9. The van der Waals surface area contributed by atoms with Gasteiger partial charge in [-0.2, -0.15) is 0 Å². The van der Waals surface area contributed by atoms with Crippen LogP contribution in [-0.2, 0) is 9.59 Å². The van der Waals surface area contributed by atoms with Crippen molar-refractivity contribution in [3.8, 4) is 11.5 Å². The maximum atomic E-state index is 12.7. The molecule has 2 aromatic carbocycles. The molecule has 1 aliphatic carbocycles. The number of benzene rings is 2. The Balaban J connectivity index is 1.64. The second-order valence-electron chi connectivity index (χ2n) is 6.91. The zero-order valence-corrected chi connectivity index (χ0v) is 15.7. The number of carbonyl (C=O) groups is 2. The average Bonchev–Trinajstić information content (AvgIpc) is 3.45. The van der Waals surface area contributed by atoms with Gasteiger partial charge in [-0.3, -0.25) is 9.59 Å². The highest BCUT2D eigenvalue weighted by molar-refractivity contribution is 6.16. The topological polar surface area (TPSA) is 76.7 Å². The number of rotatable bonds is 7. The molecular formula is C21H24N2O4. The maximum Gasteiger partial charge on any atom is 0.240 e. The molecule has 0 radical (unpaired) electrons. The van der Waals surface area contributed by atoms with Gasteiger partial charge in [0.1, 0.15) is 16.9 Å². The average molecular weight is 368 g/mol. The highest BCUT2D eigenvalue weighted by Gasteiger charge is 2.56. The van der Waals surface area contributed by atoms with Crippen molar-refractivity contribution in [1.82, 2.24) is 0 Å². The first kappa shape index (κ1) is 18.8. The van der Waals surface area contributed by atoms with Crippen LogP contribution in [0.4, 0.5) is 11.4 Å². The van der Waals surface area contributed by atoms with Gasteiger partial charge < -0.3 is 20.1 Å². The molecule has 1 saturated carbocycles. The van der Waals surface area contributed by atoms with Crippen LogP contribution in [0.5, 0.6) is 11.5 Å². The summed E-state index contributed by atoms with van der Waals surface area (Å²) in [5.74, 6) is 0.791. The molecule has 2 amide bonds. The van der Waals surface area contributed by atoms with Gasteiger partial charge in [-0.1, -0.05) is 6.07 Å². The van der Waals surface area contributed by atoms with E-state index in [1.54, 1.807) is 55.6 Å². The molecule has 0 heterocycles. The van der Waals surface area contributed by atoms with Crippen molar-refractivity contribution in [2.45, 2.75) is 32.8 Å². The second kappa shape index (κ2) is 7.70. The lowest BCUT2D eigenvalue weighted by Gasteiger charge is -2.16. The molecule has 0 atom stereocenters. The third kappa shape index (κ3) is 4.39. The molecule has 0 bridgehead atoms. The van der Waals surface area contributed by atoms with Crippen molar-refractivity contribution in [3.63, 3.8) is 0 Å². The number of hydrogen-bond donors (Lipinski definition) is 2. The summed E-state index contributed by atoms with van der Waals surface area (Å²) in [5.41, 5.74) is 0.223. The van der Waals surface area contributed by atoms with Crippen LogP contribution in [0.2, 0.25) is 0 Å². The van der Waals surface area contributed by atoms with E-state index < -0.39 is 5.41 Å². The Morgan fingerprint density at radius 1 is 0.926 bits per heavy atom. The Morgan fingerprint density at radius 2 is 1.56 bits per heavy atom. The van der Waals surface area contributed by atoms with Crippen LogP contribution in [0.1, 0.15) is 26.7 Å². The summed E-state index contributed by atoms with van der Waals surface area (Å²) >= 11 is 0. The van der Waals surface area contributed by atoms with E-state index >= 15 is 0 Å². The molecule has 0 aromatic heterocycles. The summed E-state index contributed by atoms with van der Waals surface area (Å²) in [6, 6.07) is 14.2. The SMILES string of the molecule is COc1cccc(NC(=O)C2(C(=O)Nc3ccc(OC(C)C)cc3)CC2)c1. The lowest BCUT2D eigenvalue weighted by Crippen LogP contribution is -2.35. The fraction of sp³-hybridized carbons (Fsp3) is 0.333. The molecule has 2 N–H and O–H groups in total. The van der Waals surface area contributed by atoms with E-state index in [1.807, 2.05) is 13.8 Å². The van der Waals surface area contributed by atoms with Crippen molar-refractivity contribution < 1.29 is 19.1 Å². The zero-order chi connectivity index (χ0) is 19.4. The lowest BCUT2D eigenvalue weighted by atomic mass is 10.0. The molecular weight excluding hydrogens is 344 g/mol. The summed E-state index contributed by atoms with van der Waals surface area (Å²) in [5, 5.41) is 5.65. The Bertz CT molecular complexity index is 826. The van der Waals surface area contributed by atoms with Crippen molar-refractivity contribution in [2.75, 3.05) is 17.7 Å². The van der Waals surface area contributed by atoms with Crippen LogP contribution in [0, 0.1) is 5.41 Å². The van der Waals surface area contributed by atoms with E-state index in [0.717, 1.165) is 5.75 Å². The number of amides is 2. The smallest absolute Gasteiger partial charge is 0.240 e. The first-order valence-corrected chi connectivity index (χ1v) is 8.96. The van der Waals surface area contributed by atoms with E-state index in [4.69, 9.17) is 9.47 Å². The Morgan fingerprint density at radius 3 is 2.11 bits per heavy atom. The van der Waals surface area contributed by atoms with E-state index in [-0.39, 0.29) is 17.9 Å². The molecule has 142 valence electrons. The Labute approximate surface area is 158 Å². The molecule has 0 unspecified atom stereocenters. The predicted molar refractivity (Wildman–Crippen MR) is 104 cm³/mol. The summed E-state index contributed by atoms with van der Waals surface area (Å²) in [6.45, 7) is 3.90. The van der Waals surface area contributed by atoms with Crippen LogP contribution in [0.25, 0.3) is 0 Å². The first-order valence-electron chi connectivity index (χ1n) is 8.96. The minimum Gasteiger partial charge on any atom is -0.497 e. The van der Waals surface area contributed by atoms with E-state index in [9.17, 15) is 9.59 Å². The molecule has 0 aliphatic heterocycles. The van der Waals surface area contributed by atoms with Gasteiger partial charge in [0.05, 0.1) is 13.2 Å². The molecule has 0 spiro atoms. The summed E-state index contributed by atoms with van der Waals surface area (Å²) in [6.07, 6.45) is 1.15. The predicted octanol–water partition coefficient (Wildman–Crippen LogP) is 3.84. The second-order valence-corrected chi connectivity index (χ2v) is 6.91. The summed E-state index contributed by atoms with van der Waals surface area (Å²) < 4.78 is 10.7. The van der Waals surface area contributed by atoms with Crippen LogP contribution >= 0.6 is 0 Å². The Kier molecular flexibility index (Phi) is 5.35. The standard InChI is InChI=1S/C21H24N2O4/c1-14(2)27-17-9-7-15(8-10-17)22-19(24)21(11-12-21)20(25)23-16-5-4-6-18(13-16)26-3/h4-10,13-14H,11-12H2,1-3H3,(H,22,24)(H,23,25). The third-order valence-corrected chi connectivity index (χ3v) is 4.43. The fourth-order valence-electron chi connectivity index (χ4n) is 2.77. The summed E-state index contributed by atoms with van der Waals surface area (Å²) in [4.78, 5) is 25.4. The monoisotopic (exact) mass is 368 g/mol. The van der Waals surface area contributed by atoms with Crippen LogP contribution in [0.15, 0.2) is 48.5 Å². The fourth-order valence-corrected chi connectivity index (χ4v) is 2.77. The molecule has 3 rings (SSSR count). The number of carbonyl (C=O) groups excluding carboxylic acids is 2. The van der Waals surface area contributed by atoms with Gasteiger partial charge in [0.2, 0.25) is 11.8 Å². The number of hydrogen-bond acceptors (Lipinski definition) is 4. The van der Waals surface area contributed by atoms with Gasteiger partial charge >= 0.3 is 0 Å².